The molecular formula is C16H14N2O2S. The topological polar surface area (TPSA) is 73.1 Å². The largest absolute Gasteiger partial charge is 0.252 e. The van der Waals surface area contributed by atoms with Crippen molar-refractivity contribution in [3.63, 3.8) is 0 Å². The molecule has 0 fully saturated rings. The summed E-state index contributed by atoms with van der Waals surface area (Å²) in [5, 5.41) is 6.18. The number of hydrogen-bond donors (Lipinski definition) is 1. The first-order valence-electron chi connectivity index (χ1n) is 6.49. The average Bonchev–Trinajstić information content (AvgIpc) is 2.47. The van der Waals surface area contributed by atoms with E-state index >= 15 is 0 Å². The molecule has 0 amide bonds. The summed E-state index contributed by atoms with van der Waals surface area (Å²) in [4.78, 5) is 4.72. The van der Waals surface area contributed by atoms with Crippen LogP contribution in [0.3, 0.4) is 0 Å². The van der Waals surface area contributed by atoms with Crippen molar-refractivity contribution in [2.45, 2.75) is 11.3 Å². The van der Waals surface area contributed by atoms with Crippen LogP contribution >= 0.6 is 0 Å². The third-order valence-electron chi connectivity index (χ3n) is 3.29. The average molecular weight is 298 g/mol. The van der Waals surface area contributed by atoms with Gasteiger partial charge in [0.05, 0.1) is 10.4 Å². The molecule has 0 spiro atoms. The second-order valence-electron chi connectivity index (χ2n) is 4.86. The van der Waals surface area contributed by atoms with E-state index in [1.165, 1.54) is 12.1 Å². The van der Waals surface area contributed by atoms with Crippen LogP contribution in [-0.4, -0.2) is 13.4 Å². The normalized spacial score (nSPS) is 11.7. The number of fused-ring (bicyclic) bond motifs is 1. The fraction of sp³-hybridized carbons (Fsp3) is 0.0625. The van der Waals surface area contributed by atoms with E-state index in [0.717, 1.165) is 22.2 Å². The minimum Gasteiger partial charge on any atom is -0.252 e. The molecule has 3 rings (SSSR count). The van der Waals surface area contributed by atoms with Crippen LogP contribution in [0.25, 0.3) is 10.9 Å². The Hall–Kier alpha value is -2.24. The Morgan fingerprint density at radius 3 is 2.33 bits per heavy atom. The molecular weight excluding hydrogens is 284 g/mol. The summed E-state index contributed by atoms with van der Waals surface area (Å²) in [5.41, 5.74) is 2.89. The van der Waals surface area contributed by atoms with Crippen LogP contribution in [0.4, 0.5) is 0 Å². The van der Waals surface area contributed by atoms with Crippen molar-refractivity contribution in [1.82, 2.24) is 4.98 Å². The Labute approximate surface area is 123 Å². The van der Waals surface area contributed by atoms with Gasteiger partial charge in [0.15, 0.2) is 0 Å². The maximum atomic E-state index is 11.2. The molecule has 21 heavy (non-hydrogen) atoms. The number of nitrogens with zero attached hydrogens (tertiary/aromatic N) is 1. The monoisotopic (exact) mass is 298 g/mol. The zero-order chi connectivity index (χ0) is 14.9. The lowest BCUT2D eigenvalue weighted by molar-refractivity contribution is 0.598. The number of pyridine rings is 1. The van der Waals surface area contributed by atoms with E-state index < -0.39 is 10.0 Å². The van der Waals surface area contributed by atoms with Crippen LogP contribution in [0.1, 0.15) is 11.3 Å². The van der Waals surface area contributed by atoms with E-state index in [9.17, 15) is 8.42 Å². The Bertz CT molecular complexity index is 888. The zero-order valence-electron chi connectivity index (χ0n) is 11.2. The third kappa shape index (κ3) is 3.09. The molecule has 1 aromatic heterocycles. The summed E-state index contributed by atoms with van der Waals surface area (Å²) in [6.45, 7) is 0. The van der Waals surface area contributed by atoms with Gasteiger partial charge in [-0.3, -0.25) is 4.98 Å². The van der Waals surface area contributed by atoms with Crippen LogP contribution in [-0.2, 0) is 16.4 Å². The Morgan fingerprint density at radius 2 is 1.62 bits per heavy atom. The van der Waals surface area contributed by atoms with Gasteiger partial charge in [-0.25, -0.2) is 13.6 Å². The first-order valence-corrected chi connectivity index (χ1v) is 8.03. The van der Waals surface area contributed by atoms with Crippen molar-refractivity contribution in [2.75, 3.05) is 0 Å². The molecule has 2 aromatic carbocycles. The summed E-state index contributed by atoms with van der Waals surface area (Å²) in [7, 11) is -3.64. The van der Waals surface area contributed by atoms with Crippen LogP contribution < -0.4 is 5.14 Å². The van der Waals surface area contributed by atoms with Crippen LogP contribution in [0.2, 0.25) is 0 Å². The third-order valence-corrected chi connectivity index (χ3v) is 4.22. The van der Waals surface area contributed by atoms with E-state index in [0.29, 0.717) is 6.42 Å². The van der Waals surface area contributed by atoms with Gasteiger partial charge in [-0.1, -0.05) is 36.4 Å². The van der Waals surface area contributed by atoms with E-state index in [-0.39, 0.29) is 4.90 Å². The molecule has 1 heterocycles. The van der Waals surface area contributed by atoms with Crippen molar-refractivity contribution in [3.05, 3.63) is 71.9 Å². The maximum Gasteiger partial charge on any atom is 0.238 e. The highest BCUT2D eigenvalue weighted by molar-refractivity contribution is 7.89. The molecule has 0 radical (unpaired) electrons. The van der Waals surface area contributed by atoms with Gasteiger partial charge in [-0.15, -0.1) is 0 Å². The molecule has 4 nitrogen and oxygen atoms in total. The summed E-state index contributed by atoms with van der Waals surface area (Å²) < 4.78 is 22.4. The predicted octanol–water partition coefficient (Wildman–Crippen LogP) is 2.47. The van der Waals surface area contributed by atoms with E-state index in [2.05, 4.69) is 4.98 Å². The molecule has 0 aliphatic carbocycles. The Kier molecular flexibility index (Phi) is 3.45. The second-order valence-corrected chi connectivity index (χ2v) is 6.42. The smallest absolute Gasteiger partial charge is 0.238 e. The van der Waals surface area contributed by atoms with Crippen LogP contribution in [0.5, 0.6) is 0 Å². The molecule has 0 saturated carbocycles. The molecule has 0 bridgehead atoms. The van der Waals surface area contributed by atoms with E-state index in [1.54, 1.807) is 12.1 Å². The summed E-state index contributed by atoms with van der Waals surface area (Å²) in [6.07, 6.45) is 0.649. The highest BCUT2D eigenvalue weighted by atomic mass is 32.2. The van der Waals surface area contributed by atoms with Crippen LogP contribution in [0, 0.1) is 0 Å². The molecule has 2 N–H and O–H groups in total. The molecule has 0 aliphatic heterocycles. The van der Waals surface area contributed by atoms with E-state index in [4.69, 9.17) is 5.14 Å². The fourth-order valence-corrected chi connectivity index (χ4v) is 2.73. The molecule has 0 atom stereocenters. The Morgan fingerprint density at radius 1 is 0.905 bits per heavy atom. The van der Waals surface area contributed by atoms with Crippen molar-refractivity contribution in [3.8, 4) is 0 Å². The first-order chi connectivity index (χ1) is 10.0. The number of aromatic nitrogens is 1. The molecule has 106 valence electrons. The summed E-state index contributed by atoms with van der Waals surface area (Å²) >= 11 is 0. The quantitative estimate of drug-likeness (QED) is 0.807. The van der Waals surface area contributed by atoms with Gasteiger partial charge in [0.1, 0.15) is 0 Å². The lowest BCUT2D eigenvalue weighted by Gasteiger charge is -2.04. The van der Waals surface area contributed by atoms with Gasteiger partial charge in [0.2, 0.25) is 10.0 Å². The van der Waals surface area contributed by atoms with Crippen molar-refractivity contribution in [2.24, 2.45) is 5.14 Å². The number of sulfonamides is 1. The van der Waals surface area contributed by atoms with Gasteiger partial charge < -0.3 is 0 Å². The fourth-order valence-electron chi connectivity index (χ4n) is 2.21. The zero-order valence-corrected chi connectivity index (χ0v) is 12.0. The highest BCUT2D eigenvalue weighted by Crippen LogP contribution is 2.15. The lowest BCUT2D eigenvalue weighted by Crippen LogP contribution is -2.11. The number of benzene rings is 2. The maximum absolute atomic E-state index is 11.2. The van der Waals surface area contributed by atoms with Crippen LogP contribution in [0.15, 0.2) is 65.6 Å². The second kappa shape index (κ2) is 5.27. The molecule has 3 aromatic rings. The summed E-state index contributed by atoms with van der Waals surface area (Å²) in [6, 6.07) is 18.5. The predicted molar refractivity (Wildman–Crippen MR) is 82.4 cm³/mol. The number of para-hydroxylation sites is 1. The molecule has 0 unspecified atom stereocenters. The van der Waals surface area contributed by atoms with Gasteiger partial charge >= 0.3 is 0 Å². The summed E-state index contributed by atoms with van der Waals surface area (Å²) in [5.74, 6) is 0. The lowest BCUT2D eigenvalue weighted by atomic mass is 10.1. The van der Waals surface area contributed by atoms with Gasteiger partial charge in [-0.05, 0) is 29.8 Å². The van der Waals surface area contributed by atoms with Gasteiger partial charge in [0, 0.05) is 17.5 Å². The van der Waals surface area contributed by atoms with Crippen molar-refractivity contribution < 1.29 is 8.42 Å². The molecule has 0 saturated heterocycles. The SMILES string of the molecule is NS(=O)(=O)c1ccc(Cc2ccc3ccccc3n2)cc1. The first kappa shape index (κ1) is 13.7. The number of rotatable bonds is 3. The van der Waals surface area contributed by atoms with Gasteiger partial charge in [0.25, 0.3) is 0 Å². The van der Waals surface area contributed by atoms with Gasteiger partial charge in [-0.2, -0.15) is 0 Å². The number of primary sulfonamides is 1. The molecule has 5 heteroatoms. The van der Waals surface area contributed by atoms with E-state index in [1.807, 2.05) is 36.4 Å². The Balaban J connectivity index is 1.88. The highest BCUT2D eigenvalue weighted by Gasteiger charge is 2.07. The number of nitrogens with two attached hydrogens (primary N) is 1. The van der Waals surface area contributed by atoms with Crippen molar-refractivity contribution in [1.29, 1.82) is 0 Å². The molecule has 0 aliphatic rings. The number of hydrogen-bond acceptors (Lipinski definition) is 3. The van der Waals surface area contributed by atoms with Crippen molar-refractivity contribution >= 4 is 20.9 Å². The minimum atomic E-state index is -3.64. The minimum absolute atomic E-state index is 0.123. The standard InChI is InChI=1S/C16H14N2O2S/c17-21(19,20)15-9-5-12(6-10-15)11-14-8-7-13-3-1-2-4-16(13)18-14/h1-10H,11H2,(H2,17,19,20).